The molecule has 2 saturated carbocycles. The minimum absolute atomic E-state index is 0.161. The van der Waals surface area contributed by atoms with Gasteiger partial charge in [-0.1, -0.05) is 18.9 Å². The molecule has 2 aromatic rings. The summed E-state index contributed by atoms with van der Waals surface area (Å²) in [7, 11) is 0. The van der Waals surface area contributed by atoms with Gasteiger partial charge in [-0.3, -0.25) is 9.78 Å². The Labute approximate surface area is 210 Å². The van der Waals surface area contributed by atoms with Crippen molar-refractivity contribution < 1.29 is 23.8 Å². The number of nitrogens with zero attached hydrogens (tertiary/aromatic N) is 1. The molecule has 1 aromatic carbocycles. The van der Waals surface area contributed by atoms with E-state index in [2.05, 4.69) is 10.3 Å². The van der Waals surface area contributed by atoms with Gasteiger partial charge in [-0.2, -0.15) is 0 Å². The van der Waals surface area contributed by atoms with E-state index in [-0.39, 0.29) is 17.3 Å². The van der Waals surface area contributed by atoms with Crippen LogP contribution in [0.2, 0.25) is 0 Å². The normalized spacial score (nSPS) is 18.7. The number of nitrogens with one attached hydrogen (secondary N) is 1. The van der Waals surface area contributed by atoms with Crippen LogP contribution in [0.3, 0.4) is 0 Å². The topological polar surface area (TPSA) is 88.5 Å². The molecule has 7 heteroatoms. The van der Waals surface area contributed by atoms with Crippen LogP contribution in [0.4, 0.5) is 10.1 Å². The summed E-state index contributed by atoms with van der Waals surface area (Å²) in [6, 6.07) is 9.76. The maximum atomic E-state index is 15.2. The summed E-state index contributed by atoms with van der Waals surface area (Å²) in [5.41, 5.74) is 3.20. The van der Waals surface area contributed by atoms with Crippen molar-refractivity contribution in [3.8, 4) is 0 Å². The van der Waals surface area contributed by atoms with Crippen LogP contribution in [-0.4, -0.2) is 28.6 Å². The minimum Gasteiger partial charge on any atom is -0.497 e. The van der Waals surface area contributed by atoms with Crippen LogP contribution >= 0.6 is 0 Å². The second-order valence-corrected chi connectivity index (χ2v) is 10.2. The van der Waals surface area contributed by atoms with Gasteiger partial charge >= 0.3 is 5.97 Å². The van der Waals surface area contributed by atoms with E-state index in [4.69, 9.17) is 9.84 Å². The molecule has 6 nitrogen and oxygen atoms in total. The number of amides is 1. The fraction of sp³-hybridized carbons (Fsp3) is 0.414. The molecule has 0 radical (unpaired) electrons. The van der Waals surface area contributed by atoms with Gasteiger partial charge < -0.3 is 15.2 Å². The van der Waals surface area contributed by atoms with Crippen LogP contribution in [0.5, 0.6) is 0 Å². The van der Waals surface area contributed by atoms with Gasteiger partial charge in [0.15, 0.2) is 0 Å². The van der Waals surface area contributed by atoms with E-state index >= 15 is 4.39 Å². The number of hydrogen-bond acceptors (Lipinski definition) is 4. The predicted molar refractivity (Wildman–Crippen MR) is 135 cm³/mol. The van der Waals surface area contributed by atoms with Crippen molar-refractivity contribution in [2.24, 2.45) is 11.8 Å². The Morgan fingerprint density at radius 2 is 1.81 bits per heavy atom. The van der Waals surface area contributed by atoms with Gasteiger partial charge in [0, 0.05) is 23.9 Å². The number of carbonyl (C=O) groups is 2. The number of halogens is 1. The highest BCUT2D eigenvalue weighted by atomic mass is 19.1. The van der Waals surface area contributed by atoms with Crippen LogP contribution in [0.15, 0.2) is 59.8 Å². The molecule has 0 unspecified atom stereocenters. The van der Waals surface area contributed by atoms with Crippen LogP contribution < -0.4 is 5.32 Å². The monoisotopic (exact) mass is 490 g/mol. The first kappa shape index (κ1) is 24.2. The Morgan fingerprint density at radius 3 is 2.42 bits per heavy atom. The molecule has 1 amide bonds. The first-order valence-electron chi connectivity index (χ1n) is 12.7. The predicted octanol–water partition coefficient (Wildman–Crippen LogP) is 6.48. The number of ether oxygens (including phenoxy) is 1. The largest absolute Gasteiger partial charge is 0.497 e. The third-order valence-electron chi connectivity index (χ3n) is 7.20. The van der Waals surface area contributed by atoms with Gasteiger partial charge in [-0.15, -0.1) is 0 Å². The van der Waals surface area contributed by atoms with Gasteiger partial charge in [0.1, 0.15) is 11.6 Å². The van der Waals surface area contributed by atoms with Gasteiger partial charge in [-0.25, -0.2) is 9.18 Å². The Bertz CT molecular complexity index is 1210. The molecule has 0 spiro atoms. The van der Waals surface area contributed by atoms with Crippen molar-refractivity contribution in [3.05, 3.63) is 76.6 Å². The fourth-order valence-corrected chi connectivity index (χ4v) is 4.54. The molecule has 0 saturated heterocycles. The molecular weight excluding hydrogens is 459 g/mol. The highest BCUT2D eigenvalue weighted by molar-refractivity contribution is 5.96. The summed E-state index contributed by atoms with van der Waals surface area (Å²) in [5.74, 6) is -0.120. The number of aromatic carboxylic acids is 1. The van der Waals surface area contributed by atoms with Gasteiger partial charge in [0.2, 0.25) is 5.91 Å². The lowest BCUT2D eigenvalue weighted by Gasteiger charge is -2.22. The van der Waals surface area contributed by atoms with Gasteiger partial charge in [0.05, 0.1) is 29.4 Å². The van der Waals surface area contributed by atoms with Crippen molar-refractivity contribution in [3.63, 3.8) is 0 Å². The maximum absolute atomic E-state index is 15.2. The number of aromatic nitrogens is 1. The summed E-state index contributed by atoms with van der Waals surface area (Å²) < 4.78 is 21.3. The van der Waals surface area contributed by atoms with Crippen LogP contribution in [0.1, 0.15) is 79.4 Å². The summed E-state index contributed by atoms with van der Waals surface area (Å²) >= 11 is 0. The highest BCUT2D eigenvalue weighted by Gasteiger charge is 2.32. The molecule has 3 aliphatic carbocycles. The first-order valence-corrected chi connectivity index (χ1v) is 12.7. The molecule has 3 aliphatic rings. The lowest BCUT2D eigenvalue weighted by Crippen LogP contribution is -2.22. The van der Waals surface area contributed by atoms with Gasteiger partial charge in [-0.05, 0) is 80.3 Å². The fourth-order valence-electron chi connectivity index (χ4n) is 4.54. The number of carbonyl (C=O) groups excluding carboxylic acids is 1. The zero-order valence-electron chi connectivity index (χ0n) is 20.4. The van der Waals surface area contributed by atoms with E-state index in [0.29, 0.717) is 71.6 Å². The molecule has 0 aliphatic heterocycles. The molecule has 1 atom stereocenters. The summed E-state index contributed by atoms with van der Waals surface area (Å²) in [4.78, 5) is 28.9. The van der Waals surface area contributed by atoms with E-state index < -0.39 is 11.9 Å². The summed E-state index contributed by atoms with van der Waals surface area (Å²) in [6.45, 7) is 2.45. The van der Waals surface area contributed by atoms with E-state index in [0.717, 1.165) is 12.8 Å². The molecule has 1 aromatic heterocycles. The van der Waals surface area contributed by atoms with E-state index in [1.54, 1.807) is 18.3 Å². The molecule has 1 heterocycles. The Hall–Kier alpha value is -3.48. The quantitative estimate of drug-likeness (QED) is 0.398. The average Bonchev–Trinajstić information content (AvgIpc) is 3.80. The molecule has 36 heavy (non-hydrogen) atoms. The molecular formula is C29H31FN2O4. The van der Waals surface area contributed by atoms with Crippen LogP contribution in [0, 0.1) is 11.8 Å². The number of anilines is 1. The number of carboxylic acids is 1. The number of allylic oxidation sites excluding steroid dienone is 4. The summed E-state index contributed by atoms with van der Waals surface area (Å²) in [5, 5.41) is 12.0. The molecule has 2 N–H and O–H groups in total. The average molecular weight is 491 g/mol. The second kappa shape index (κ2) is 10.2. The van der Waals surface area contributed by atoms with Crippen LogP contribution in [0.25, 0.3) is 5.57 Å². The standard InChI is InChI=1S/C29H31FN2O4/c1-17-2-13-25(36-16-19-5-6-19)26(27(17)30)21-9-12-24(31-15-21)23(14-18-3-4-18)28(33)32-22-10-7-20(8-11-22)29(34)35/h7-12,15,18-19,23H,2-6,13-14,16H2,1H3,(H,32,33)(H,34,35)/t23-/m1/s1. The van der Waals surface area contributed by atoms with E-state index in [1.165, 1.54) is 25.0 Å². The second-order valence-electron chi connectivity index (χ2n) is 10.2. The van der Waals surface area contributed by atoms with Crippen molar-refractivity contribution in [1.29, 1.82) is 0 Å². The zero-order valence-corrected chi connectivity index (χ0v) is 20.4. The van der Waals surface area contributed by atoms with Crippen molar-refractivity contribution in [2.75, 3.05) is 11.9 Å². The number of benzene rings is 1. The van der Waals surface area contributed by atoms with Crippen molar-refractivity contribution in [2.45, 2.75) is 57.8 Å². The highest BCUT2D eigenvalue weighted by Crippen LogP contribution is 2.41. The van der Waals surface area contributed by atoms with Crippen LogP contribution in [-0.2, 0) is 9.53 Å². The lowest BCUT2D eigenvalue weighted by atomic mass is 9.92. The number of hydrogen-bond donors (Lipinski definition) is 2. The number of pyridine rings is 1. The molecule has 0 bridgehead atoms. The third-order valence-corrected chi connectivity index (χ3v) is 7.20. The zero-order chi connectivity index (χ0) is 25.2. The maximum Gasteiger partial charge on any atom is 0.335 e. The molecule has 2 fully saturated rings. The SMILES string of the molecule is CC1=C(F)C(c2ccc([C@@H](CC3CC3)C(=O)Nc3ccc(C(=O)O)cc3)nc2)=C(OCC2CC2)CC1. The number of rotatable bonds is 10. The van der Waals surface area contributed by atoms with E-state index in [9.17, 15) is 9.59 Å². The van der Waals surface area contributed by atoms with Crippen molar-refractivity contribution in [1.82, 2.24) is 4.98 Å². The minimum atomic E-state index is -1.01. The van der Waals surface area contributed by atoms with Gasteiger partial charge in [0.25, 0.3) is 0 Å². The molecule has 188 valence electrons. The third kappa shape index (κ3) is 5.66. The van der Waals surface area contributed by atoms with Crippen molar-refractivity contribution >= 4 is 23.1 Å². The van der Waals surface area contributed by atoms with E-state index in [1.807, 2.05) is 19.1 Å². The molecule has 5 rings (SSSR count). The summed E-state index contributed by atoms with van der Waals surface area (Å²) in [6.07, 6.45) is 8.20. The number of carboxylic acid groups (broad SMARTS) is 1. The Morgan fingerprint density at radius 1 is 1.08 bits per heavy atom. The lowest BCUT2D eigenvalue weighted by molar-refractivity contribution is -0.117. The Kier molecular flexibility index (Phi) is 6.90. The first-order chi connectivity index (χ1) is 17.4. The Balaban J connectivity index is 1.36. The smallest absolute Gasteiger partial charge is 0.335 e.